The summed E-state index contributed by atoms with van der Waals surface area (Å²) >= 11 is 0. The summed E-state index contributed by atoms with van der Waals surface area (Å²) in [5.41, 5.74) is 0.439. The molecule has 1 aromatic heterocycles. The third-order valence-corrected chi connectivity index (χ3v) is 2.69. The number of carboxylic acids is 1. The number of hydrogen-bond donors (Lipinski definition) is 2. The number of anilines is 1. The van der Waals surface area contributed by atoms with Gasteiger partial charge in [0.1, 0.15) is 0 Å². The zero-order valence-electron chi connectivity index (χ0n) is 11.2. The van der Waals surface area contributed by atoms with Crippen LogP contribution in [0.15, 0.2) is 18.5 Å². The van der Waals surface area contributed by atoms with E-state index in [1.54, 1.807) is 4.90 Å². The Balaban J connectivity index is 2.69. The summed E-state index contributed by atoms with van der Waals surface area (Å²) in [5, 5.41) is 11.5. The van der Waals surface area contributed by atoms with E-state index in [0.29, 0.717) is 18.8 Å². The van der Waals surface area contributed by atoms with Crippen molar-refractivity contribution in [1.82, 2.24) is 9.88 Å². The Labute approximate surface area is 112 Å². The summed E-state index contributed by atoms with van der Waals surface area (Å²) < 4.78 is 0. The Morgan fingerprint density at radius 1 is 1.37 bits per heavy atom. The lowest BCUT2D eigenvalue weighted by Crippen LogP contribution is -2.35. The van der Waals surface area contributed by atoms with Gasteiger partial charge < -0.3 is 15.3 Å². The van der Waals surface area contributed by atoms with E-state index in [2.05, 4.69) is 17.2 Å². The van der Waals surface area contributed by atoms with Crippen molar-refractivity contribution in [2.45, 2.75) is 26.7 Å². The van der Waals surface area contributed by atoms with Crippen LogP contribution in [-0.4, -0.2) is 40.1 Å². The SMILES string of the molecule is CCCCN(CC)C(=O)Nc1cncc(C(=O)O)c1. The van der Waals surface area contributed by atoms with Crippen LogP contribution in [0.1, 0.15) is 37.0 Å². The molecule has 104 valence electrons. The van der Waals surface area contributed by atoms with Gasteiger partial charge >= 0.3 is 12.0 Å². The van der Waals surface area contributed by atoms with Crippen LogP contribution in [0, 0.1) is 0 Å². The zero-order valence-corrected chi connectivity index (χ0v) is 11.2. The minimum Gasteiger partial charge on any atom is -0.478 e. The van der Waals surface area contributed by atoms with Crippen molar-refractivity contribution in [1.29, 1.82) is 0 Å². The molecular weight excluding hydrogens is 246 g/mol. The molecule has 0 spiro atoms. The molecule has 6 heteroatoms. The van der Waals surface area contributed by atoms with Crippen LogP contribution in [0.4, 0.5) is 10.5 Å². The normalized spacial score (nSPS) is 10.0. The van der Waals surface area contributed by atoms with Crippen molar-refractivity contribution in [2.75, 3.05) is 18.4 Å². The van der Waals surface area contributed by atoms with Crippen LogP contribution in [0.25, 0.3) is 0 Å². The Bertz CT molecular complexity index is 449. The zero-order chi connectivity index (χ0) is 14.3. The maximum Gasteiger partial charge on any atom is 0.337 e. The number of aromatic nitrogens is 1. The van der Waals surface area contributed by atoms with E-state index in [4.69, 9.17) is 5.11 Å². The van der Waals surface area contributed by atoms with Gasteiger partial charge in [-0.05, 0) is 19.4 Å². The number of amides is 2. The first kappa shape index (κ1) is 14.9. The number of urea groups is 1. The number of nitrogens with one attached hydrogen (secondary N) is 1. The minimum atomic E-state index is -1.07. The summed E-state index contributed by atoms with van der Waals surface area (Å²) in [7, 11) is 0. The summed E-state index contributed by atoms with van der Waals surface area (Å²) in [4.78, 5) is 28.2. The van der Waals surface area contributed by atoms with E-state index >= 15 is 0 Å². The van der Waals surface area contributed by atoms with E-state index in [-0.39, 0.29) is 11.6 Å². The lowest BCUT2D eigenvalue weighted by atomic mass is 10.2. The molecule has 6 nitrogen and oxygen atoms in total. The van der Waals surface area contributed by atoms with Crippen LogP contribution in [0.3, 0.4) is 0 Å². The van der Waals surface area contributed by atoms with Crippen LogP contribution >= 0.6 is 0 Å². The van der Waals surface area contributed by atoms with Gasteiger partial charge in [-0.25, -0.2) is 9.59 Å². The maximum atomic E-state index is 12.0. The predicted octanol–water partition coefficient (Wildman–Crippen LogP) is 2.43. The Hall–Kier alpha value is -2.11. The van der Waals surface area contributed by atoms with Crippen LogP contribution in [0.5, 0.6) is 0 Å². The number of rotatable bonds is 6. The molecule has 19 heavy (non-hydrogen) atoms. The van der Waals surface area contributed by atoms with Gasteiger partial charge in [-0.15, -0.1) is 0 Å². The standard InChI is InChI=1S/C13H19N3O3/c1-3-5-6-16(4-2)13(19)15-11-7-10(12(17)18)8-14-9-11/h7-9H,3-6H2,1-2H3,(H,15,19)(H,17,18). The fourth-order valence-electron chi connectivity index (χ4n) is 1.58. The average molecular weight is 265 g/mol. The maximum absolute atomic E-state index is 12.0. The molecule has 1 aromatic rings. The number of aromatic carboxylic acids is 1. The van der Waals surface area contributed by atoms with Crippen molar-refractivity contribution in [3.63, 3.8) is 0 Å². The number of carbonyl (C=O) groups is 2. The molecule has 1 heterocycles. The second kappa shape index (κ2) is 7.35. The number of nitrogens with zero attached hydrogens (tertiary/aromatic N) is 2. The fourth-order valence-corrected chi connectivity index (χ4v) is 1.58. The van der Waals surface area contributed by atoms with Crippen molar-refractivity contribution >= 4 is 17.7 Å². The molecule has 2 amide bonds. The Kier molecular flexibility index (Phi) is 5.78. The third kappa shape index (κ3) is 4.57. The van der Waals surface area contributed by atoms with E-state index < -0.39 is 5.97 Å². The van der Waals surface area contributed by atoms with Gasteiger partial charge in [0.2, 0.25) is 0 Å². The molecule has 0 fully saturated rings. The number of hydrogen-bond acceptors (Lipinski definition) is 3. The fraction of sp³-hybridized carbons (Fsp3) is 0.462. The van der Waals surface area contributed by atoms with Crippen LogP contribution < -0.4 is 5.32 Å². The van der Waals surface area contributed by atoms with Crippen LogP contribution in [-0.2, 0) is 0 Å². The van der Waals surface area contributed by atoms with Gasteiger partial charge in [0, 0.05) is 19.3 Å². The van der Waals surface area contributed by atoms with Crippen LogP contribution in [0.2, 0.25) is 0 Å². The molecule has 2 N–H and O–H groups in total. The predicted molar refractivity (Wildman–Crippen MR) is 72.4 cm³/mol. The number of pyridine rings is 1. The van der Waals surface area contributed by atoms with Crippen molar-refractivity contribution in [3.05, 3.63) is 24.0 Å². The molecule has 0 aliphatic rings. The Morgan fingerprint density at radius 2 is 2.11 bits per heavy atom. The van der Waals surface area contributed by atoms with Crippen molar-refractivity contribution in [2.24, 2.45) is 0 Å². The molecule has 0 aliphatic carbocycles. The highest BCUT2D eigenvalue weighted by Gasteiger charge is 2.12. The van der Waals surface area contributed by atoms with E-state index in [1.807, 2.05) is 6.92 Å². The Morgan fingerprint density at radius 3 is 2.68 bits per heavy atom. The molecule has 0 aliphatic heterocycles. The molecule has 0 radical (unpaired) electrons. The average Bonchev–Trinajstić information content (AvgIpc) is 2.40. The van der Waals surface area contributed by atoms with Gasteiger partial charge in [-0.3, -0.25) is 4.98 Å². The molecule has 0 unspecified atom stereocenters. The van der Waals surface area contributed by atoms with Crippen molar-refractivity contribution in [3.8, 4) is 0 Å². The van der Waals surface area contributed by atoms with Gasteiger partial charge in [-0.1, -0.05) is 13.3 Å². The molecule has 1 rings (SSSR count). The second-order valence-corrected chi connectivity index (χ2v) is 4.13. The van der Waals surface area contributed by atoms with Gasteiger partial charge in [0.05, 0.1) is 17.4 Å². The topological polar surface area (TPSA) is 82.5 Å². The first-order chi connectivity index (χ1) is 9.08. The number of carbonyl (C=O) groups excluding carboxylic acids is 1. The van der Waals surface area contributed by atoms with Gasteiger partial charge in [0.15, 0.2) is 0 Å². The minimum absolute atomic E-state index is 0.0504. The smallest absolute Gasteiger partial charge is 0.337 e. The molecule has 0 atom stereocenters. The quantitative estimate of drug-likeness (QED) is 0.827. The lowest BCUT2D eigenvalue weighted by Gasteiger charge is -2.21. The highest BCUT2D eigenvalue weighted by atomic mass is 16.4. The lowest BCUT2D eigenvalue weighted by molar-refractivity contribution is 0.0696. The molecular formula is C13H19N3O3. The third-order valence-electron chi connectivity index (χ3n) is 2.69. The number of unbranched alkanes of at least 4 members (excludes halogenated alkanes) is 1. The van der Waals surface area contributed by atoms with E-state index in [1.165, 1.54) is 18.5 Å². The van der Waals surface area contributed by atoms with E-state index in [0.717, 1.165) is 12.8 Å². The molecule has 0 aromatic carbocycles. The van der Waals surface area contributed by atoms with Crippen molar-refractivity contribution < 1.29 is 14.7 Å². The summed E-state index contributed by atoms with van der Waals surface area (Å²) in [6, 6.07) is 1.15. The largest absolute Gasteiger partial charge is 0.478 e. The summed E-state index contributed by atoms with van der Waals surface area (Å²) in [6.07, 6.45) is 4.62. The highest BCUT2D eigenvalue weighted by Crippen LogP contribution is 2.09. The molecule has 0 bridgehead atoms. The number of carboxylic acid groups (broad SMARTS) is 1. The highest BCUT2D eigenvalue weighted by molar-refractivity contribution is 5.92. The van der Waals surface area contributed by atoms with Gasteiger partial charge in [-0.2, -0.15) is 0 Å². The first-order valence-corrected chi connectivity index (χ1v) is 6.32. The van der Waals surface area contributed by atoms with E-state index in [9.17, 15) is 9.59 Å². The molecule has 0 saturated heterocycles. The van der Waals surface area contributed by atoms with Gasteiger partial charge in [0.25, 0.3) is 0 Å². The monoisotopic (exact) mass is 265 g/mol. The molecule has 0 saturated carbocycles. The summed E-state index contributed by atoms with van der Waals surface area (Å²) in [5.74, 6) is -1.07. The second-order valence-electron chi connectivity index (χ2n) is 4.13. The summed E-state index contributed by atoms with van der Waals surface area (Å²) in [6.45, 7) is 5.26. The first-order valence-electron chi connectivity index (χ1n) is 6.32.